The lowest BCUT2D eigenvalue weighted by Crippen LogP contribution is -2.35. The van der Waals surface area contributed by atoms with Crippen LogP contribution in [0.5, 0.6) is 0 Å². The maximum Gasteiger partial charge on any atom is 0.421 e. The highest BCUT2D eigenvalue weighted by Gasteiger charge is 2.29. The van der Waals surface area contributed by atoms with Crippen molar-refractivity contribution in [3.8, 4) is 0 Å². The van der Waals surface area contributed by atoms with Gasteiger partial charge in [0.05, 0.1) is 21.6 Å². The number of carbonyl (C=O) groups is 1. The van der Waals surface area contributed by atoms with Gasteiger partial charge in [0.25, 0.3) is 5.69 Å². The van der Waals surface area contributed by atoms with Gasteiger partial charge in [-0.2, -0.15) is 0 Å². The van der Waals surface area contributed by atoms with Gasteiger partial charge in [0.15, 0.2) is 0 Å². The van der Waals surface area contributed by atoms with Gasteiger partial charge in [0.1, 0.15) is 5.60 Å². The molecule has 0 saturated heterocycles. The zero-order chi connectivity index (χ0) is 20.6. The lowest BCUT2D eigenvalue weighted by Gasteiger charge is -2.26. The number of imidazole rings is 1. The second-order valence-corrected chi connectivity index (χ2v) is 7.55. The van der Waals surface area contributed by atoms with Crippen LogP contribution in [0, 0.1) is 17.0 Å². The van der Waals surface area contributed by atoms with E-state index in [0.717, 1.165) is 5.56 Å². The van der Waals surface area contributed by atoms with E-state index in [-0.39, 0.29) is 5.69 Å². The molecule has 0 saturated carbocycles. The third-order valence-electron chi connectivity index (χ3n) is 4.12. The molecule has 0 radical (unpaired) electrons. The summed E-state index contributed by atoms with van der Waals surface area (Å²) in [5, 5.41) is 11.1. The molecular weight excluding hydrogens is 360 g/mol. The van der Waals surface area contributed by atoms with E-state index in [1.165, 1.54) is 17.0 Å². The molecule has 146 valence electrons. The highest BCUT2D eigenvalue weighted by molar-refractivity contribution is 5.96. The maximum atomic E-state index is 13.0. The van der Waals surface area contributed by atoms with Gasteiger partial charge < -0.3 is 9.30 Å². The van der Waals surface area contributed by atoms with Crippen molar-refractivity contribution in [2.24, 2.45) is 7.05 Å². The van der Waals surface area contributed by atoms with E-state index >= 15 is 0 Å². The molecule has 0 fully saturated rings. The number of ether oxygens (including phenoxy) is 1. The molecule has 0 aliphatic heterocycles. The number of non-ortho nitro benzene ring substituents is 1. The molecule has 1 aromatic heterocycles. The molecule has 0 aliphatic rings. The Bertz CT molecular complexity index is 1050. The molecule has 2 aromatic carbocycles. The molecule has 8 heteroatoms. The Balaban J connectivity index is 2.16. The van der Waals surface area contributed by atoms with Gasteiger partial charge in [-0.25, -0.2) is 14.7 Å². The Kier molecular flexibility index (Phi) is 4.80. The van der Waals surface area contributed by atoms with Crippen LogP contribution < -0.4 is 4.90 Å². The van der Waals surface area contributed by atoms with E-state index in [4.69, 9.17) is 4.74 Å². The summed E-state index contributed by atoms with van der Waals surface area (Å²) < 4.78 is 7.29. The summed E-state index contributed by atoms with van der Waals surface area (Å²) in [4.78, 5) is 29.5. The summed E-state index contributed by atoms with van der Waals surface area (Å²) >= 11 is 0. The lowest BCUT2D eigenvalue weighted by atomic mass is 10.2. The predicted octanol–water partition coefficient (Wildman–Crippen LogP) is 4.86. The van der Waals surface area contributed by atoms with Gasteiger partial charge in [-0.3, -0.25) is 10.1 Å². The number of carbonyl (C=O) groups excluding carboxylic acids is 1. The number of nitrogens with zero attached hydrogens (tertiary/aromatic N) is 4. The van der Waals surface area contributed by atoms with E-state index in [0.29, 0.717) is 22.7 Å². The topological polar surface area (TPSA) is 90.5 Å². The fourth-order valence-electron chi connectivity index (χ4n) is 2.79. The molecule has 0 atom stereocenters. The normalized spacial score (nSPS) is 11.5. The number of nitro groups is 1. The number of amides is 1. The number of nitro benzene ring substituents is 1. The van der Waals surface area contributed by atoms with Crippen LogP contribution in [-0.4, -0.2) is 26.2 Å². The van der Waals surface area contributed by atoms with Crippen LogP contribution in [0.1, 0.15) is 26.3 Å². The minimum atomic E-state index is -0.691. The second-order valence-electron chi connectivity index (χ2n) is 7.55. The third kappa shape index (κ3) is 3.80. The van der Waals surface area contributed by atoms with Crippen LogP contribution >= 0.6 is 0 Å². The Labute approximate surface area is 162 Å². The molecule has 0 unspecified atom stereocenters. The number of hydrogen-bond donors (Lipinski definition) is 0. The highest BCUT2D eigenvalue weighted by atomic mass is 16.6. The van der Waals surface area contributed by atoms with Gasteiger partial charge in [0.2, 0.25) is 5.95 Å². The number of fused-ring (bicyclic) bond motifs is 1. The maximum absolute atomic E-state index is 13.0. The average molecular weight is 382 g/mol. The van der Waals surface area contributed by atoms with E-state index < -0.39 is 16.6 Å². The number of benzene rings is 2. The molecule has 1 heterocycles. The van der Waals surface area contributed by atoms with E-state index in [2.05, 4.69) is 4.98 Å². The molecule has 3 rings (SSSR count). The van der Waals surface area contributed by atoms with Crippen LogP contribution in [0.3, 0.4) is 0 Å². The van der Waals surface area contributed by atoms with E-state index in [9.17, 15) is 14.9 Å². The molecule has 0 aliphatic carbocycles. The fourth-order valence-corrected chi connectivity index (χ4v) is 2.79. The number of rotatable bonds is 3. The standard InChI is InChI=1S/C20H22N4O4/c1-13-6-8-14(9-7-13)23(19(25)28-20(2,3)4)18-21-16-12-15(24(26)27)10-11-17(16)22(18)5/h6-12H,1-5H3. The Morgan fingerprint density at radius 1 is 1.18 bits per heavy atom. The number of aryl methyl sites for hydroxylation is 2. The summed E-state index contributed by atoms with van der Waals surface area (Å²) in [6, 6.07) is 11.8. The Morgan fingerprint density at radius 2 is 1.82 bits per heavy atom. The minimum absolute atomic E-state index is 0.0590. The van der Waals surface area contributed by atoms with Crippen LogP contribution in [0.15, 0.2) is 42.5 Å². The minimum Gasteiger partial charge on any atom is -0.443 e. The van der Waals surface area contributed by atoms with Crippen molar-refractivity contribution in [2.75, 3.05) is 4.90 Å². The number of hydrogen-bond acceptors (Lipinski definition) is 5. The predicted molar refractivity (Wildman–Crippen MR) is 107 cm³/mol. The summed E-state index contributed by atoms with van der Waals surface area (Å²) in [5.41, 5.74) is 1.98. The zero-order valence-electron chi connectivity index (χ0n) is 16.5. The van der Waals surface area contributed by atoms with Gasteiger partial charge in [-0.05, 0) is 45.9 Å². The first kappa shape index (κ1) is 19.3. The number of aromatic nitrogens is 2. The summed E-state index contributed by atoms with van der Waals surface area (Å²) in [7, 11) is 1.75. The number of anilines is 2. The summed E-state index contributed by atoms with van der Waals surface area (Å²) in [6.07, 6.45) is -0.579. The smallest absolute Gasteiger partial charge is 0.421 e. The van der Waals surface area contributed by atoms with Gasteiger partial charge in [-0.1, -0.05) is 17.7 Å². The second kappa shape index (κ2) is 6.95. The zero-order valence-corrected chi connectivity index (χ0v) is 16.5. The van der Waals surface area contributed by atoms with Crippen molar-refractivity contribution in [2.45, 2.75) is 33.3 Å². The SMILES string of the molecule is Cc1ccc(N(C(=O)OC(C)(C)C)c2nc3cc([N+](=O)[O-])ccc3n2C)cc1. The van der Waals surface area contributed by atoms with E-state index in [1.807, 2.05) is 19.1 Å². The molecule has 3 aromatic rings. The average Bonchev–Trinajstić information content (AvgIpc) is 2.91. The van der Waals surface area contributed by atoms with Gasteiger partial charge in [-0.15, -0.1) is 0 Å². The quantitative estimate of drug-likeness (QED) is 0.476. The van der Waals surface area contributed by atoms with Crippen LogP contribution in [0.2, 0.25) is 0 Å². The first-order valence-corrected chi connectivity index (χ1v) is 8.77. The van der Waals surface area contributed by atoms with Gasteiger partial charge in [0, 0.05) is 19.2 Å². The Morgan fingerprint density at radius 3 is 2.39 bits per heavy atom. The van der Waals surface area contributed by atoms with Crippen molar-refractivity contribution >= 4 is 34.4 Å². The van der Waals surface area contributed by atoms with E-state index in [1.54, 1.807) is 50.6 Å². The van der Waals surface area contributed by atoms with Crippen molar-refractivity contribution in [1.29, 1.82) is 0 Å². The molecule has 0 spiro atoms. The molecule has 0 bridgehead atoms. The first-order chi connectivity index (χ1) is 13.1. The summed E-state index contributed by atoms with van der Waals surface area (Å²) in [5.74, 6) is 0.314. The van der Waals surface area contributed by atoms with Crippen LogP contribution in [0.4, 0.5) is 22.1 Å². The molecule has 0 N–H and O–H groups in total. The van der Waals surface area contributed by atoms with Crippen molar-refractivity contribution in [3.63, 3.8) is 0 Å². The third-order valence-corrected chi connectivity index (χ3v) is 4.12. The molecule has 1 amide bonds. The lowest BCUT2D eigenvalue weighted by molar-refractivity contribution is -0.384. The largest absolute Gasteiger partial charge is 0.443 e. The van der Waals surface area contributed by atoms with Crippen molar-refractivity contribution in [1.82, 2.24) is 9.55 Å². The Hall–Kier alpha value is -3.42. The first-order valence-electron chi connectivity index (χ1n) is 8.77. The van der Waals surface area contributed by atoms with Gasteiger partial charge >= 0.3 is 6.09 Å². The molecule has 8 nitrogen and oxygen atoms in total. The summed E-state index contributed by atoms with van der Waals surface area (Å²) in [6.45, 7) is 7.32. The fraction of sp³-hybridized carbons (Fsp3) is 0.300. The molecule has 28 heavy (non-hydrogen) atoms. The van der Waals surface area contributed by atoms with Crippen molar-refractivity contribution in [3.05, 3.63) is 58.1 Å². The molecular formula is C20H22N4O4. The van der Waals surface area contributed by atoms with Crippen molar-refractivity contribution < 1.29 is 14.5 Å². The monoisotopic (exact) mass is 382 g/mol. The van der Waals surface area contributed by atoms with Crippen LogP contribution in [-0.2, 0) is 11.8 Å². The van der Waals surface area contributed by atoms with Crippen LogP contribution in [0.25, 0.3) is 11.0 Å². The highest BCUT2D eigenvalue weighted by Crippen LogP contribution is 2.31.